The molecule has 0 amide bonds. The Morgan fingerprint density at radius 1 is 1.19 bits per heavy atom. The third kappa shape index (κ3) is 3.87. The molecule has 118 valence electrons. The molecule has 0 aromatic heterocycles. The third-order valence-electron chi connectivity index (χ3n) is 5.11. The Labute approximate surface area is 130 Å². The van der Waals surface area contributed by atoms with Crippen LogP contribution in [0.5, 0.6) is 0 Å². The molecule has 2 heteroatoms. The minimum absolute atomic E-state index is 0.319. The van der Waals surface area contributed by atoms with Gasteiger partial charge in [0, 0.05) is 25.6 Å². The van der Waals surface area contributed by atoms with Crippen molar-refractivity contribution in [3.63, 3.8) is 0 Å². The van der Waals surface area contributed by atoms with Gasteiger partial charge in [-0.1, -0.05) is 50.6 Å². The highest BCUT2D eigenvalue weighted by Gasteiger charge is 2.48. The van der Waals surface area contributed by atoms with Gasteiger partial charge in [0.25, 0.3) is 0 Å². The molecule has 0 radical (unpaired) electrons. The van der Waals surface area contributed by atoms with Crippen molar-refractivity contribution in [2.45, 2.75) is 46.0 Å². The summed E-state index contributed by atoms with van der Waals surface area (Å²) in [6.45, 7) is 12.0. The fraction of sp³-hybridized carbons (Fsp3) is 0.684. The van der Waals surface area contributed by atoms with Crippen molar-refractivity contribution in [3.8, 4) is 0 Å². The van der Waals surface area contributed by atoms with Gasteiger partial charge < -0.3 is 10.1 Å². The Morgan fingerprint density at radius 2 is 1.81 bits per heavy atom. The van der Waals surface area contributed by atoms with E-state index in [0.717, 1.165) is 25.6 Å². The Hall–Kier alpha value is -0.860. The average Bonchev–Trinajstić information content (AvgIpc) is 2.37. The van der Waals surface area contributed by atoms with E-state index in [9.17, 15) is 0 Å². The van der Waals surface area contributed by atoms with E-state index in [0.29, 0.717) is 10.8 Å². The zero-order valence-corrected chi connectivity index (χ0v) is 14.3. The lowest BCUT2D eigenvalue weighted by Gasteiger charge is -2.53. The first kappa shape index (κ1) is 16.5. The Balaban J connectivity index is 2.07. The quantitative estimate of drug-likeness (QED) is 0.801. The highest BCUT2D eigenvalue weighted by molar-refractivity contribution is 5.32. The number of hydrogen-bond donors (Lipinski definition) is 1. The molecule has 2 rings (SSSR count). The van der Waals surface area contributed by atoms with Gasteiger partial charge in [-0.05, 0) is 36.7 Å². The predicted molar refractivity (Wildman–Crippen MR) is 89.8 cm³/mol. The van der Waals surface area contributed by atoms with Crippen LogP contribution in [0.4, 0.5) is 0 Å². The fourth-order valence-corrected chi connectivity index (χ4v) is 3.39. The van der Waals surface area contributed by atoms with Crippen LogP contribution in [0, 0.1) is 18.3 Å². The smallest absolute Gasteiger partial charge is 0.0587 e. The molecule has 1 aliphatic rings. The third-order valence-corrected chi connectivity index (χ3v) is 5.11. The van der Waals surface area contributed by atoms with Gasteiger partial charge in [0.1, 0.15) is 0 Å². The molecule has 1 aromatic carbocycles. The largest absolute Gasteiger partial charge is 0.383 e. The maximum atomic E-state index is 5.14. The van der Waals surface area contributed by atoms with E-state index in [1.807, 2.05) is 0 Å². The summed E-state index contributed by atoms with van der Waals surface area (Å²) in [5, 5.41) is 3.59. The van der Waals surface area contributed by atoms with E-state index in [1.54, 1.807) is 7.11 Å². The lowest BCUT2D eigenvalue weighted by atomic mass is 9.52. The number of methoxy groups -OCH3 is 1. The van der Waals surface area contributed by atoms with Crippen LogP contribution < -0.4 is 5.32 Å². The van der Waals surface area contributed by atoms with Gasteiger partial charge in [-0.25, -0.2) is 0 Å². The second-order valence-corrected chi connectivity index (χ2v) is 7.79. The van der Waals surface area contributed by atoms with E-state index in [1.165, 1.54) is 24.0 Å². The highest BCUT2D eigenvalue weighted by atomic mass is 16.5. The van der Waals surface area contributed by atoms with Crippen molar-refractivity contribution in [2.24, 2.45) is 11.3 Å². The van der Waals surface area contributed by atoms with E-state index in [2.05, 4.69) is 57.3 Å². The first-order valence-corrected chi connectivity index (χ1v) is 8.14. The first-order valence-electron chi connectivity index (χ1n) is 8.14. The van der Waals surface area contributed by atoms with Gasteiger partial charge in [-0.2, -0.15) is 0 Å². The molecule has 0 unspecified atom stereocenters. The molecule has 2 nitrogen and oxygen atoms in total. The van der Waals surface area contributed by atoms with E-state index in [-0.39, 0.29) is 0 Å². The zero-order valence-electron chi connectivity index (χ0n) is 14.3. The van der Waals surface area contributed by atoms with E-state index < -0.39 is 0 Å². The van der Waals surface area contributed by atoms with Crippen molar-refractivity contribution in [2.75, 3.05) is 26.8 Å². The Kier molecular flexibility index (Phi) is 5.11. The minimum Gasteiger partial charge on any atom is -0.383 e. The van der Waals surface area contributed by atoms with Crippen molar-refractivity contribution in [1.29, 1.82) is 0 Å². The summed E-state index contributed by atoms with van der Waals surface area (Å²) in [6, 6.07) is 9.14. The van der Waals surface area contributed by atoms with Crippen LogP contribution in [0.2, 0.25) is 0 Å². The molecule has 0 saturated heterocycles. The summed E-state index contributed by atoms with van der Waals surface area (Å²) in [5.41, 5.74) is 3.58. The van der Waals surface area contributed by atoms with Crippen LogP contribution in [-0.2, 0) is 10.2 Å². The minimum atomic E-state index is 0.319. The summed E-state index contributed by atoms with van der Waals surface area (Å²) in [6.07, 6.45) is 2.58. The number of aryl methyl sites for hydroxylation is 1. The van der Waals surface area contributed by atoms with Crippen LogP contribution in [0.1, 0.15) is 44.7 Å². The van der Waals surface area contributed by atoms with Gasteiger partial charge in [0.05, 0.1) is 6.61 Å². The van der Waals surface area contributed by atoms with Gasteiger partial charge in [0.2, 0.25) is 0 Å². The molecule has 1 N–H and O–H groups in total. The standard InChI is InChI=1S/C19H31NO/c1-15-6-8-16(9-7-15)19(14-20-10-11-21-5)12-17(13-19)18(2,3)4/h6-9,17,20H,10-14H2,1-5H3. The predicted octanol–water partition coefficient (Wildman–Crippen LogP) is 3.92. The summed E-state index contributed by atoms with van der Waals surface area (Å²) in [7, 11) is 1.76. The molecule has 0 spiro atoms. The SMILES string of the molecule is COCCNCC1(c2ccc(C)cc2)CC(C(C)(C)C)C1. The van der Waals surface area contributed by atoms with Gasteiger partial charge in [-0.3, -0.25) is 0 Å². The second-order valence-electron chi connectivity index (χ2n) is 7.79. The normalized spacial score (nSPS) is 25.7. The molecule has 0 aliphatic heterocycles. The molecule has 1 saturated carbocycles. The molecular weight excluding hydrogens is 258 g/mol. The second kappa shape index (κ2) is 6.50. The molecule has 1 aromatic rings. The number of rotatable bonds is 6. The van der Waals surface area contributed by atoms with E-state index >= 15 is 0 Å². The number of hydrogen-bond acceptors (Lipinski definition) is 2. The topological polar surface area (TPSA) is 21.3 Å². The summed E-state index contributed by atoms with van der Waals surface area (Å²) < 4.78 is 5.14. The lowest BCUT2D eigenvalue weighted by Crippen LogP contribution is -2.52. The lowest BCUT2D eigenvalue weighted by molar-refractivity contribution is 0.0438. The van der Waals surface area contributed by atoms with Crippen molar-refractivity contribution < 1.29 is 4.74 Å². The molecule has 1 aliphatic carbocycles. The zero-order chi connectivity index (χ0) is 15.5. The Morgan fingerprint density at radius 3 is 2.33 bits per heavy atom. The van der Waals surface area contributed by atoms with Crippen LogP contribution in [0.3, 0.4) is 0 Å². The number of benzene rings is 1. The molecule has 21 heavy (non-hydrogen) atoms. The Bertz CT molecular complexity index is 438. The summed E-state index contributed by atoms with van der Waals surface area (Å²) in [5.74, 6) is 0.822. The average molecular weight is 289 g/mol. The molecule has 0 heterocycles. The van der Waals surface area contributed by atoms with Crippen LogP contribution in [0.15, 0.2) is 24.3 Å². The van der Waals surface area contributed by atoms with Crippen LogP contribution in [-0.4, -0.2) is 26.8 Å². The first-order chi connectivity index (χ1) is 9.87. The molecule has 0 bridgehead atoms. The maximum Gasteiger partial charge on any atom is 0.0587 e. The maximum absolute atomic E-state index is 5.14. The van der Waals surface area contributed by atoms with Crippen molar-refractivity contribution in [3.05, 3.63) is 35.4 Å². The fourth-order valence-electron chi connectivity index (χ4n) is 3.39. The van der Waals surface area contributed by atoms with Gasteiger partial charge in [-0.15, -0.1) is 0 Å². The monoisotopic (exact) mass is 289 g/mol. The van der Waals surface area contributed by atoms with E-state index in [4.69, 9.17) is 4.74 Å². The summed E-state index contributed by atoms with van der Waals surface area (Å²) >= 11 is 0. The molecule has 0 atom stereocenters. The summed E-state index contributed by atoms with van der Waals surface area (Å²) in [4.78, 5) is 0. The highest BCUT2D eigenvalue weighted by Crippen LogP contribution is 2.54. The van der Waals surface area contributed by atoms with Crippen LogP contribution in [0.25, 0.3) is 0 Å². The molecular formula is C19H31NO. The van der Waals surface area contributed by atoms with Crippen molar-refractivity contribution in [1.82, 2.24) is 5.32 Å². The van der Waals surface area contributed by atoms with Gasteiger partial charge in [0.15, 0.2) is 0 Å². The van der Waals surface area contributed by atoms with Gasteiger partial charge >= 0.3 is 0 Å². The number of ether oxygens (including phenoxy) is 1. The van der Waals surface area contributed by atoms with Crippen molar-refractivity contribution >= 4 is 0 Å². The molecule has 1 fully saturated rings. The van der Waals surface area contributed by atoms with Crippen LogP contribution >= 0.6 is 0 Å². The number of nitrogens with one attached hydrogen (secondary N) is 1.